The van der Waals surface area contributed by atoms with Gasteiger partial charge < -0.3 is 10.2 Å². The van der Waals surface area contributed by atoms with E-state index in [0.717, 1.165) is 39.1 Å². The topological polar surface area (TPSA) is 85.0 Å². The van der Waals surface area contributed by atoms with E-state index in [0.29, 0.717) is 11.3 Å². The minimum Gasteiger partial charge on any atom is -0.369 e. The average molecular weight is 464 g/mol. The first kappa shape index (κ1) is 23.8. The first-order valence-electron chi connectivity index (χ1n) is 12.0. The lowest BCUT2D eigenvalue weighted by Crippen LogP contribution is -2.50. The van der Waals surface area contributed by atoms with Crippen LogP contribution in [0.1, 0.15) is 42.1 Å². The fraction of sp³-hybridized carbons (Fsp3) is 0.423. The molecule has 1 unspecified atom stereocenters. The van der Waals surface area contributed by atoms with Gasteiger partial charge in [-0.15, -0.1) is 0 Å². The van der Waals surface area contributed by atoms with Gasteiger partial charge in [0.05, 0.1) is 5.69 Å². The maximum Gasteiger partial charge on any atom is 0.251 e. The van der Waals surface area contributed by atoms with E-state index >= 15 is 0 Å². The molecule has 0 aromatic heterocycles. The number of anilines is 2. The molecule has 2 aliphatic rings. The van der Waals surface area contributed by atoms with E-state index in [-0.39, 0.29) is 36.6 Å². The predicted molar refractivity (Wildman–Crippen MR) is 133 cm³/mol. The number of carbonyl (C=O) groups is 3. The SMILES string of the molecule is Cc1cccc(N2CCN(CCC(C)NC(=O)c3ccc(N4NC(=O)CCC4=O)cc3)CC2)c1. The summed E-state index contributed by atoms with van der Waals surface area (Å²) in [5.74, 6) is -0.491. The van der Waals surface area contributed by atoms with Crippen LogP contribution in [0.4, 0.5) is 11.4 Å². The van der Waals surface area contributed by atoms with Gasteiger partial charge >= 0.3 is 0 Å². The van der Waals surface area contributed by atoms with Crippen molar-refractivity contribution in [1.29, 1.82) is 0 Å². The molecular weight excluding hydrogens is 430 g/mol. The highest BCUT2D eigenvalue weighted by Gasteiger charge is 2.24. The van der Waals surface area contributed by atoms with Crippen molar-refractivity contribution in [3.8, 4) is 0 Å². The van der Waals surface area contributed by atoms with E-state index < -0.39 is 0 Å². The van der Waals surface area contributed by atoms with Gasteiger partial charge in [-0.05, 0) is 62.2 Å². The van der Waals surface area contributed by atoms with Gasteiger partial charge in [0, 0.05) is 62.9 Å². The van der Waals surface area contributed by atoms with E-state index in [9.17, 15) is 14.4 Å². The molecule has 180 valence electrons. The fourth-order valence-corrected chi connectivity index (χ4v) is 4.36. The fourth-order valence-electron chi connectivity index (χ4n) is 4.36. The molecule has 4 rings (SSSR count). The van der Waals surface area contributed by atoms with Crippen molar-refractivity contribution in [1.82, 2.24) is 15.6 Å². The van der Waals surface area contributed by atoms with Gasteiger partial charge in [0.1, 0.15) is 0 Å². The largest absolute Gasteiger partial charge is 0.369 e. The Morgan fingerprint density at radius 2 is 1.74 bits per heavy atom. The number of carbonyl (C=O) groups excluding carboxylic acids is 3. The number of amides is 3. The zero-order valence-corrected chi connectivity index (χ0v) is 19.9. The van der Waals surface area contributed by atoms with E-state index in [1.165, 1.54) is 16.3 Å². The number of rotatable bonds is 7. The molecule has 0 saturated carbocycles. The average Bonchev–Trinajstić information content (AvgIpc) is 2.84. The minimum atomic E-state index is -0.188. The van der Waals surface area contributed by atoms with Crippen LogP contribution >= 0.6 is 0 Å². The third-order valence-corrected chi connectivity index (χ3v) is 6.43. The summed E-state index contributed by atoms with van der Waals surface area (Å²) in [6.45, 7) is 9.14. The predicted octanol–water partition coefficient (Wildman–Crippen LogP) is 2.48. The number of hydrogen-bond donors (Lipinski definition) is 2. The molecule has 2 aliphatic heterocycles. The second-order valence-electron chi connectivity index (χ2n) is 9.14. The van der Waals surface area contributed by atoms with Crippen LogP contribution in [0.25, 0.3) is 0 Å². The summed E-state index contributed by atoms with van der Waals surface area (Å²) < 4.78 is 0. The monoisotopic (exact) mass is 463 g/mol. The smallest absolute Gasteiger partial charge is 0.251 e. The number of aryl methyl sites for hydroxylation is 1. The van der Waals surface area contributed by atoms with Crippen molar-refractivity contribution in [3.63, 3.8) is 0 Å². The summed E-state index contributed by atoms with van der Waals surface area (Å²) >= 11 is 0. The van der Waals surface area contributed by atoms with Crippen LogP contribution in [-0.2, 0) is 9.59 Å². The molecular formula is C26H33N5O3. The molecule has 34 heavy (non-hydrogen) atoms. The summed E-state index contributed by atoms with van der Waals surface area (Å²) in [7, 11) is 0. The van der Waals surface area contributed by atoms with Crippen LogP contribution in [0.15, 0.2) is 48.5 Å². The molecule has 0 aliphatic carbocycles. The van der Waals surface area contributed by atoms with Crippen molar-refractivity contribution < 1.29 is 14.4 Å². The third kappa shape index (κ3) is 5.94. The normalized spacial score (nSPS) is 17.9. The molecule has 2 aromatic carbocycles. The number of nitrogens with zero attached hydrogens (tertiary/aromatic N) is 3. The van der Waals surface area contributed by atoms with Gasteiger partial charge in [0.25, 0.3) is 5.91 Å². The Balaban J connectivity index is 1.21. The lowest BCUT2D eigenvalue weighted by molar-refractivity contribution is -0.130. The zero-order chi connectivity index (χ0) is 24.1. The van der Waals surface area contributed by atoms with E-state index in [1.807, 2.05) is 6.92 Å². The van der Waals surface area contributed by atoms with Crippen LogP contribution in [0.3, 0.4) is 0 Å². The van der Waals surface area contributed by atoms with E-state index in [1.54, 1.807) is 24.3 Å². The maximum atomic E-state index is 12.7. The highest BCUT2D eigenvalue weighted by atomic mass is 16.2. The number of piperazine rings is 1. The Hall–Kier alpha value is -3.39. The van der Waals surface area contributed by atoms with Gasteiger partial charge in [-0.25, -0.2) is 5.01 Å². The van der Waals surface area contributed by atoms with Gasteiger partial charge in [-0.2, -0.15) is 0 Å². The van der Waals surface area contributed by atoms with Gasteiger partial charge in [-0.1, -0.05) is 12.1 Å². The van der Waals surface area contributed by atoms with E-state index in [2.05, 4.69) is 51.7 Å². The second kappa shape index (κ2) is 10.7. The Kier molecular flexibility index (Phi) is 7.47. The highest BCUT2D eigenvalue weighted by Crippen LogP contribution is 2.19. The summed E-state index contributed by atoms with van der Waals surface area (Å²) in [6.07, 6.45) is 1.27. The van der Waals surface area contributed by atoms with Crippen molar-refractivity contribution in [2.75, 3.05) is 42.6 Å². The highest BCUT2D eigenvalue weighted by molar-refractivity contribution is 6.01. The van der Waals surface area contributed by atoms with Crippen molar-refractivity contribution in [3.05, 3.63) is 59.7 Å². The minimum absolute atomic E-state index is 0.0462. The summed E-state index contributed by atoms with van der Waals surface area (Å²) in [6, 6.07) is 15.4. The van der Waals surface area contributed by atoms with Gasteiger partial charge in [0.15, 0.2) is 0 Å². The van der Waals surface area contributed by atoms with Crippen molar-refractivity contribution in [2.45, 2.75) is 39.2 Å². The number of benzene rings is 2. The first-order valence-corrected chi connectivity index (χ1v) is 12.0. The molecule has 8 nitrogen and oxygen atoms in total. The second-order valence-corrected chi connectivity index (χ2v) is 9.14. The molecule has 0 bridgehead atoms. The summed E-state index contributed by atoms with van der Waals surface area (Å²) in [5, 5.41) is 4.31. The Morgan fingerprint density at radius 3 is 2.44 bits per heavy atom. The molecule has 2 saturated heterocycles. The molecule has 2 heterocycles. The van der Waals surface area contributed by atoms with Crippen molar-refractivity contribution >= 4 is 29.1 Å². The Labute approximate surface area is 200 Å². The zero-order valence-electron chi connectivity index (χ0n) is 19.9. The molecule has 2 aromatic rings. The number of nitrogens with one attached hydrogen (secondary N) is 2. The van der Waals surface area contributed by atoms with Crippen LogP contribution in [-0.4, -0.2) is 61.4 Å². The third-order valence-electron chi connectivity index (χ3n) is 6.43. The van der Waals surface area contributed by atoms with Crippen LogP contribution in [0.2, 0.25) is 0 Å². The van der Waals surface area contributed by atoms with E-state index in [4.69, 9.17) is 0 Å². The quantitative estimate of drug-likeness (QED) is 0.659. The van der Waals surface area contributed by atoms with Crippen LogP contribution in [0, 0.1) is 6.92 Å². The maximum absolute atomic E-state index is 12.7. The van der Waals surface area contributed by atoms with Gasteiger partial charge in [-0.3, -0.25) is 24.7 Å². The molecule has 3 amide bonds. The number of hydrazine groups is 1. The summed E-state index contributed by atoms with van der Waals surface area (Å²) in [5.41, 5.74) is 6.21. The van der Waals surface area contributed by atoms with Crippen LogP contribution in [0.5, 0.6) is 0 Å². The molecule has 2 fully saturated rings. The lowest BCUT2D eigenvalue weighted by atomic mass is 10.1. The molecule has 8 heteroatoms. The molecule has 0 radical (unpaired) electrons. The summed E-state index contributed by atoms with van der Waals surface area (Å²) in [4.78, 5) is 41.2. The van der Waals surface area contributed by atoms with Gasteiger partial charge in [0.2, 0.25) is 11.8 Å². The van der Waals surface area contributed by atoms with Crippen molar-refractivity contribution in [2.24, 2.45) is 0 Å². The lowest BCUT2D eigenvalue weighted by Gasteiger charge is -2.36. The van der Waals surface area contributed by atoms with Crippen LogP contribution < -0.4 is 20.7 Å². The number of hydrogen-bond acceptors (Lipinski definition) is 5. The standard InChI is InChI=1S/C26H33N5O3/c1-19-4-3-5-23(18-19)30-16-14-29(15-17-30)13-12-20(2)27-26(34)21-6-8-22(9-7-21)31-25(33)11-10-24(32)28-31/h3-9,18,20H,10-17H2,1-2H3,(H,27,34)(H,28,32). The Morgan fingerprint density at radius 1 is 1.00 bits per heavy atom. The first-order chi connectivity index (χ1) is 16.4. The Bertz CT molecular complexity index is 1030. The molecule has 0 spiro atoms. The molecule has 1 atom stereocenters. The molecule has 2 N–H and O–H groups in total.